The van der Waals surface area contributed by atoms with Crippen LogP contribution in [0, 0.1) is 12.7 Å². The maximum Gasteiger partial charge on any atom is 0.256 e. The number of benzene rings is 1. The quantitative estimate of drug-likeness (QED) is 0.657. The van der Waals surface area contributed by atoms with Gasteiger partial charge in [0.15, 0.2) is 11.4 Å². The van der Waals surface area contributed by atoms with E-state index in [-0.39, 0.29) is 11.4 Å². The standard InChI is InChI=1S/C22H26FN5O2/c1-15-17(22(29)28-8-3-2-4-20(28)24-15)7-9-26-10-12-27(13-11-26)21-18-6-5-16(23)14-19(18)30-25-21/h5-6,14H,2-4,7-13H2,1H3. The van der Waals surface area contributed by atoms with Crippen molar-refractivity contribution in [3.8, 4) is 0 Å². The molecule has 1 fully saturated rings. The van der Waals surface area contributed by atoms with Gasteiger partial charge in [-0.1, -0.05) is 5.16 Å². The summed E-state index contributed by atoms with van der Waals surface area (Å²) in [7, 11) is 0. The minimum absolute atomic E-state index is 0.150. The lowest BCUT2D eigenvalue weighted by atomic mass is 10.1. The first-order chi connectivity index (χ1) is 14.6. The molecule has 0 bridgehead atoms. The molecule has 1 saturated heterocycles. The number of hydrogen-bond donors (Lipinski definition) is 0. The second-order valence-electron chi connectivity index (χ2n) is 8.23. The van der Waals surface area contributed by atoms with E-state index in [0.29, 0.717) is 5.58 Å². The summed E-state index contributed by atoms with van der Waals surface area (Å²) in [6.07, 6.45) is 3.81. The summed E-state index contributed by atoms with van der Waals surface area (Å²) >= 11 is 0. The van der Waals surface area contributed by atoms with Gasteiger partial charge in [-0.3, -0.25) is 14.3 Å². The fraction of sp³-hybridized carbons (Fsp3) is 0.500. The summed E-state index contributed by atoms with van der Waals surface area (Å²) < 4.78 is 20.6. The predicted molar refractivity (Wildman–Crippen MR) is 112 cm³/mol. The van der Waals surface area contributed by atoms with E-state index in [4.69, 9.17) is 9.51 Å². The van der Waals surface area contributed by atoms with E-state index in [1.807, 2.05) is 11.5 Å². The second-order valence-corrected chi connectivity index (χ2v) is 8.23. The molecule has 8 heteroatoms. The van der Waals surface area contributed by atoms with Gasteiger partial charge in [0.2, 0.25) is 0 Å². The van der Waals surface area contributed by atoms with Gasteiger partial charge >= 0.3 is 0 Å². The SMILES string of the molecule is Cc1nc2n(c(=O)c1CCN1CCN(c3noc4cc(F)ccc34)CC1)CCCC2. The van der Waals surface area contributed by atoms with Gasteiger partial charge in [0, 0.05) is 63.0 Å². The van der Waals surface area contributed by atoms with Crippen LogP contribution >= 0.6 is 0 Å². The highest BCUT2D eigenvalue weighted by molar-refractivity contribution is 5.88. The highest BCUT2D eigenvalue weighted by Crippen LogP contribution is 2.27. The molecule has 5 rings (SSSR count). The number of rotatable bonds is 4. The number of anilines is 1. The summed E-state index contributed by atoms with van der Waals surface area (Å²) in [6.45, 7) is 7.00. The fourth-order valence-corrected chi connectivity index (χ4v) is 4.60. The molecule has 7 nitrogen and oxygen atoms in total. The molecule has 30 heavy (non-hydrogen) atoms. The lowest BCUT2D eigenvalue weighted by Crippen LogP contribution is -2.47. The molecule has 2 aliphatic rings. The molecule has 2 aromatic heterocycles. The van der Waals surface area contributed by atoms with Gasteiger partial charge in [-0.15, -0.1) is 0 Å². The van der Waals surface area contributed by atoms with Crippen molar-refractivity contribution < 1.29 is 8.91 Å². The van der Waals surface area contributed by atoms with Crippen molar-refractivity contribution in [2.45, 2.75) is 39.2 Å². The lowest BCUT2D eigenvalue weighted by Gasteiger charge is -2.34. The molecule has 158 valence electrons. The summed E-state index contributed by atoms with van der Waals surface area (Å²) in [4.78, 5) is 22.2. The van der Waals surface area contributed by atoms with Crippen molar-refractivity contribution in [1.29, 1.82) is 0 Å². The molecular formula is C22H26FN5O2. The minimum Gasteiger partial charge on any atom is -0.354 e. The molecule has 2 aliphatic heterocycles. The van der Waals surface area contributed by atoms with Crippen LogP contribution < -0.4 is 10.5 Å². The molecule has 0 saturated carbocycles. The lowest BCUT2D eigenvalue weighted by molar-refractivity contribution is 0.259. The normalized spacial score (nSPS) is 17.5. The Morgan fingerprint density at radius 1 is 1.13 bits per heavy atom. The zero-order valence-electron chi connectivity index (χ0n) is 17.2. The van der Waals surface area contributed by atoms with Crippen LogP contribution in [0.4, 0.5) is 10.2 Å². The van der Waals surface area contributed by atoms with Crippen LogP contribution in [0.15, 0.2) is 27.5 Å². The van der Waals surface area contributed by atoms with Crippen molar-refractivity contribution in [3.05, 3.63) is 51.5 Å². The van der Waals surface area contributed by atoms with Gasteiger partial charge < -0.3 is 9.42 Å². The van der Waals surface area contributed by atoms with Gasteiger partial charge in [0.05, 0.1) is 5.39 Å². The van der Waals surface area contributed by atoms with E-state index in [1.54, 1.807) is 6.07 Å². The van der Waals surface area contributed by atoms with Gasteiger partial charge in [-0.05, 0) is 38.3 Å². The third kappa shape index (κ3) is 3.49. The summed E-state index contributed by atoms with van der Waals surface area (Å²) in [6, 6.07) is 4.53. The molecule has 0 spiro atoms. The fourth-order valence-electron chi connectivity index (χ4n) is 4.60. The molecule has 0 atom stereocenters. The topological polar surface area (TPSA) is 67.4 Å². The molecule has 0 amide bonds. The van der Waals surface area contributed by atoms with Crippen LogP contribution in [-0.2, 0) is 19.4 Å². The number of hydrogen-bond acceptors (Lipinski definition) is 6. The van der Waals surface area contributed by atoms with Crippen LogP contribution in [0.25, 0.3) is 11.0 Å². The van der Waals surface area contributed by atoms with Crippen LogP contribution in [0.1, 0.15) is 29.9 Å². The Hall–Kier alpha value is -2.74. The average Bonchev–Trinajstić information content (AvgIpc) is 3.17. The zero-order valence-corrected chi connectivity index (χ0v) is 17.2. The number of piperazine rings is 1. The number of nitrogens with zero attached hydrogens (tertiary/aromatic N) is 5. The smallest absolute Gasteiger partial charge is 0.256 e. The van der Waals surface area contributed by atoms with E-state index in [0.717, 1.165) is 93.2 Å². The van der Waals surface area contributed by atoms with Gasteiger partial charge in [0.1, 0.15) is 11.6 Å². The Morgan fingerprint density at radius 2 is 1.97 bits per heavy atom. The van der Waals surface area contributed by atoms with E-state index in [9.17, 15) is 9.18 Å². The Bertz CT molecular complexity index is 1130. The maximum atomic E-state index is 13.4. The monoisotopic (exact) mass is 411 g/mol. The Kier molecular flexibility index (Phi) is 5.02. The highest BCUT2D eigenvalue weighted by atomic mass is 19.1. The molecule has 0 aliphatic carbocycles. The predicted octanol–water partition coefficient (Wildman–Crippen LogP) is 2.53. The van der Waals surface area contributed by atoms with Crippen LogP contribution in [0.3, 0.4) is 0 Å². The first kappa shape index (κ1) is 19.2. The molecule has 0 unspecified atom stereocenters. The van der Waals surface area contributed by atoms with Crippen LogP contribution in [0.5, 0.6) is 0 Å². The number of fused-ring (bicyclic) bond motifs is 2. The molecule has 4 heterocycles. The van der Waals surface area contributed by atoms with Gasteiger partial charge in [-0.25, -0.2) is 9.37 Å². The third-order valence-corrected chi connectivity index (χ3v) is 6.35. The summed E-state index contributed by atoms with van der Waals surface area (Å²) in [5, 5.41) is 5.00. The van der Waals surface area contributed by atoms with Crippen LogP contribution in [-0.4, -0.2) is 52.3 Å². The summed E-state index contributed by atoms with van der Waals surface area (Å²) in [5.74, 6) is 1.40. The number of aryl methyl sites for hydroxylation is 2. The molecule has 1 aromatic carbocycles. The van der Waals surface area contributed by atoms with Crippen molar-refractivity contribution in [3.63, 3.8) is 0 Å². The van der Waals surface area contributed by atoms with E-state index >= 15 is 0 Å². The van der Waals surface area contributed by atoms with Gasteiger partial charge in [0.25, 0.3) is 5.56 Å². The number of aromatic nitrogens is 3. The van der Waals surface area contributed by atoms with E-state index in [2.05, 4.69) is 15.0 Å². The Balaban J connectivity index is 1.23. The highest BCUT2D eigenvalue weighted by Gasteiger charge is 2.23. The minimum atomic E-state index is -0.321. The van der Waals surface area contributed by atoms with E-state index < -0.39 is 0 Å². The number of halogens is 1. The first-order valence-corrected chi connectivity index (χ1v) is 10.7. The first-order valence-electron chi connectivity index (χ1n) is 10.7. The molecular weight excluding hydrogens is 385 g/mol. The van der Waals surface area contributed by atoms with Crippen molar-refractivity contribution in [2.75, 3.05) is 37.6 Å². The maximum absolute atomic E-state index is 13.4. The van der Waals surface area contributed by atoms with Crippen molar-refractivity contribution in [2.24, 2.45) is 0 Å². The Labute approximate surface area is 174 Å². The third-order valence-electron chi connectivity index (χ3n) is 6.35. The van der Waals surface area contributed by atoms with E-state index in [1.165, 1.54) is 12.1 Å². The Morgan fingerprint density at radius 3 is 2.80 bits per heavy atom. The van der Waals surface area contributed by atoms with Crippen molar-refractivity contribution >= 4 is 16.8 Å². The summed E-state index contributed by atoms with van der Waals surface area (Å²) in [5.41, 5.74) is 2.36. The molecule has 0 radical (unpaired) electrons. The largest absolute Gasteiger partial charge is 0.354 e. The van der Waals surface area contributed by atoms with Crippen molar-refractivity contribution in [1.82, 2.24) is 19.6 Å². The average molecular weight is 411 g/mol. The second kappa shape index (κ2) is 7.83. The molecule has 3 aromatic rings. The van der Waals surface area contributed by atoms with Crippen LogP contribution in [0.2, 0.25) is 0 Å². The zero-order chi connectivity index (χ0) is 20.7. The molecule has 0 N–H and O–H groups in total. The van der Waals surface area contributed by atoms with Gasteiger partial charge in [-0.2, -0.15) is 0 Å².